The number of ether oxygens (including phenoxy) is 3. The van der Waals surface area contributed by atoms with Crippen LogP contribution in [0.15, 0.2) is 18.7 Å². The Morgan fingerprint density at radius 3 is 2.59 bits per heavy atom. The van der Waals surface area contributed by atoms with E-state index >= 15 is 0 Å². The largest absolute Gasteiger partial charge is 0.365 e. The van der Waals surface area contributed by atoms with Crippen LogP contribution in [0.3, 0.4) is 0 Å². The average molecular weight is 468 g/mol. The highest BCUT2D eigenvalue weighted by molar-refractivity contribution is 5.82. The first-order valence-corrected chi connectivity index (χ1v) is 12.2. The number of anilines is 1. The lowest BCUT2D eigenvalue weighted by atomic mass is 9.92. The maximum atomic E-state index is 6.58. The van der Waals surface area contributed by atoms with Gasteiger partial charge in [-0.1, -0.05) is 33.6 Å². The van der Waals surface area contributed by atoms with Gasteiger partial charge in [-0.15, -0.1) is 0 Å². The summed E-state index contributed by atoms with van der Waals surface area (Å²) >= 11 is 0. The number of nitrogens with zero attached hydrogens (tertiary/aromatic N) is 5. The van der Waals surface area contributed by atoms with Crippen molar-refractivity contribution in [3.8, 4) is 0 Å². The summed E-state index contributed by atoms with van der Waals surface area (Å²) in [6.45, 7) is 10.3. The van der Waals surface area contributed by atoms with Crippen LogP contribution in [0, 0.1) is 0 Å². The highest BCUT2D eigenvalue weighted by atomic mass is 16.8. The van der Waals surface area contributed by atoms with Crippen LogP contribution in [0.1, 0.15) is 84.0 Å². The molecule has 2 unspecified atom stereocenters. The first-order chi connectivity index (χ1) is 16.2. The molecule has 0 radical (unpaired) electrons. The molecule has 34 heavy (non-hydrogen) atoms. The molecule has 0 aromatic carbocycles. The van der Waals surface area contributed by atoms with E-state index < -0.39 is 12.0 Å². The molecular weight excluding hydrogens is 434 g/mol. The standard InChI is InChI=1S/C24H33N7O3/c1-23(2,3)15-10-14(29-30-15)17-18-19(34-24(4,5)33-18)22(32-17)31-12-27-16-20(25-11-26-21(16)31)28-13-8-6-7-9-13/h10-13,17-19,22H,6-9H2,1-5H3,(H,29,30)(H,25,26,28)/t17?,18-,19-,22?/m1/s1. The van der Waals surface area contributed by atoms with Crippen LogP contribution in [0.5, 0.6) is 0 Å². The van der Waals surface area contributed by atoms with Crippen molar-refractivity contribution >= 4 is 17.0 Å². The first kappa shape index (κ1) is 21.9. The number of hydrogen-bond donors (Lipinski definition) is 2. The van der Waals surface area contributed by atoms with Gasteiger partial charge in [-0.05, 0) is 32.8 Å². The van der Waals surface area contributed by atoms with E-state index in [1.54, 1.807) is 12.7 Å². The van der Waals surface area contributed by atoms with Crippen molar-refractivity contribution in [2.75, 3.05) is 5.32 Å². The van der Waals surface area contributed by atoms with E-state index in [1.165, 1.54) is 12.8 Å². The monoisotopic (exact) mass is 467 g/mol. The molecule has 6 rings (SSSR count). The number of hydrogen-bond acceptors (Lipinski definition) is 8. The molecule has 10 heteroatoms. The van der Waals surface area contributed by atoms with Crippen LogP contribution in [-0.4, -0.2) is 53.8 Å². The second-order valence-corrected chi connectivity index (χ2v) is 11.1. The van der Waals surface area contributed by atoms with Gasteiger partial charge in [0.1, 0.15) is 24.6 Å². The number of fused-ring (bicyclic) bond motifs is 2. The summed E-state index contributed by atoms with van der Waals surface area (Å²) in [4.78, 5) is 13.7. The molecule has 3 aromatic heterocycles. The Morgan fingerprint density at radius 1 is 1.09 bits per heavy atom. The van der Waals surface area contributed by atoms with Gasteiger partial charge in [-0.25, -0.2) is 15.0 Å². The van der Waals surface area contributed by atoms with Gasteiger partial charge >= 0.3 is 0 Å². The van der Waals surface area contributed by atoms with Gasteiger partial charge in [0.25, 0.3) is 0 Å². The van der Waals surface area contributed by atoms with Crippen molar-refractivity contribution in [3.63, 3.8) is 0 Å². The van der Waals surface area contributed by atoms with Crippen LogP contribution in [0.25, 0.3) is 11.2 Å². The summed E-state index contributed by atoms with van der Waals surface area (Å²) in [5, 5.41) is 11.3. The Bertz CT molecular complexity index is 1190. The predicted molar refractivity (Wildman–Crippen MR) is 125 cm³/mol. The fraction of sp³-hybridized carbons (Fsp3) is 0.667. The van der Waals surface area contributed by atoms with Crippen molar-refractivity contribution in [2.45, 2.75) is 102 Å². The van der Waals surface area contributed by atoms with Gasteiger partial charge < -0.3 is 19.5 Å². The highest BCUT2D eigenvalue weighted by Crippen LogP contribution is 2.49. The third-order valence-corrected chi connectivity index (χ3v) is 7.03. The van der Waals surface area contributed by atoms with Gasteiger partial charge in [-0.2, -0.15) is 5.10 Å². The summed E-state index contributed by atoms with van der Waals surface area (Å²) < 4.78 is 21.2. The molecule has 10 nitrogen and oxygen atoms in total. The molecule has 4 atom stereocenters. The third kappa shape index (κ3) is 3.68. The topological polar surface area (TPSA) is 112 Å². The van der Waals surface area contributed by atoms with Crippen LogP contribution < -0.4 is 5.32 Å². The zero-order valence-corrected chi connectivity index (χ0v) is 20.4. The Labute approximate surface area is 198 Å². The van der Waals surface area contributed by atoms with E-state index in [1.807, 2.05) is 18.4 Å². The number of rotatable bonds is 4. The molecule has 2 saturated heterocycles. The number of imidazole rings is 1. The van der Waals surface area contributed by atoms with Crippen molar-refractivity contribution in [1.82, 2.24) is 29.7 Å². The quantitative estimate of drug-likeness (QED) is 0.592. The summed E-state index contributed by atoms with van der Waals surface area (Å²) in [5.41, 5.74) is 3.25. The molecule has 1 aliphatic carbocycles. The molecular formula is C24H33N7O3. The van der Waals surface area contributed by atoms with Crippen LogP contribution in [-0.2, 0) is 19.6 Å². The third-order valence-electron chi connectivity index (χ3n) is 7.03. The number of H-pyrrole nitrogens is 1. The van der Waals surface area contributed by atoms with Crippen molar-refractivity contribution < 1.29 is 14.2 Å². The summed E-state index contributed by atoms with van der Waals surface area (Å²) in [6.07, 6.45) is 6.76. The minimum atomic E-state index is -0.719. The number of nitrogens with one attached hydrogen (secondary N) is 2. The first-order valence-electron chi connectivity index (χ1n) is 12.2. The van der Waals surface area contributed by atoms with Gasteiger partial charge in [0.15, 0.2) is 29.0 Å². The number of aromatic amines is 1. The van der Waals surface area contributed by atoms with Gasteiger partial charge in [0.05, 0.1) is 17.7 Å². The second kappa shape index (κ2) is 7.73. The summed E-state index contributed by atoms with van der Waals surface area (Å²) in [7, 11) is 0. The Balaban J connectivity index is 1.35. The smallest absolute Gasteiger partial charge is 0.167 e. The van der Waals surface area contributed by atoms with Crippen LogP contribution in [0.2, 0.25) is 0 Å². The van der Waals surface area contributed by atoms with E-state index in [4.69, 9.17) is 14.2 Å². The number of aromatic nitrogens is 6. The molecule has 1 saturated carbocycles. The molecule has 0 amide bonds. The lowest BCUT2D eigenvalue weighted by Gasteiger charge is -2.24. The molecule has 5 heterocycles. The average Bonchev–Trinajstić information content (AvgIpc) is 3.55. The van der Waals surface area contributed by atoms with Crippen LogP contribution >= 0.6 is 0 Å². The van der Waals surface area contributed by atoms with Crippen LogP contribution in [0.4, 0.5) is 5.82 Å². The lowest BCUT2D eigenvalue weighted by Crippen LogP contribution is -2.27. The Hall–Kier alpha value is -2.56. The maximum Gasteiger partial charge on any atom is 0.167 e. The fourth-order valence-corrected chi connectivity index (χ4v) is 5.32. The molecule has 2 aliphatic heterocycles. The minimum Gasteiger partial charge on any atom is -0.365 e. The maximum absolute atomic E-state index is 6.58. The van der Waals surface area contributed by atoms with E-state index in [-0.39, 0.29) is 23.7 Å². The van der Waals surface area contributed by atoms with E-state index in [9.17, 15) is 0 Å². The summed E-state index contributed by atoms with van der Waals surface area (Å²) in [6, 6.07) is 2.50. The minimum absolute atomic E-state index is 0.0708. The van der Waals surface area contributed by atoms with Crippen molar-refractivity contribution in [1.29, 1.82) is 0 Å². The molecule has 182 valence electrons. The molecule has 0 bridgehead atoms. The Morgan fingerprint density at radius 2 is 1.85 bits per heavy atom. The SMILES string of the molecule is CC1(C)O[C@@H]2C(c3cc(C(C)(C)C)n[nH]3)OC(n3cnc4c(NC5CCCC5)ncnc43)[C@@H]2O1. The van der Waals surface area contributed by atoms with Gasteiger partial charge in [-0.3, -0.25) is 9.67 Å². The molecule has 0 spiro atoms. The van der Waals surface area contributed by atoms with Crippen molar-refractivity contribution in [3.05, 3.63) is 30.1 Å². The second-order valence-electron chi connectivity index (χ2n) is 11.1. The predicted octanol–water partition coefficient (Wildman–Crippen LogP) is 3.99. The van der Waals surface area contributed by atoms with Crippen molar-refractivity contribution in [2.24, 2.45) is 0 Å². The van der Waals surface area contributed by atoms with E-state index in [0.717, 1.165) is 35.6 Å². The van der Waals surface area contributed by atoms with Gasteiger partial charge in [0, 0.05) is 11.5 Å². The highest BCUT2D eigenvalue weighted by Gasteiger charge is 2.57. The summed E-state index contributed by atoms with van der Waals surface area (Å²) in [5.74, 6) is 0.0531. The normalized spacial score (nSPS) is 29.2. The zero-order chi connectivity index (χ0) is 23.7. The molecule has 3 aromatic rings. The van der Waals surface area contributed by atoms with Gasteiger partial charge in [0.2, 0.25) is 0 Å². The fourth-order valence-electron chi connectivity index (χ4n) is 5.32. The van der Waals surface area contributed by atoms with E-state index in [0.29, 0.717) is 11.7 Å². The molecule has 3 aliphatic rings. The van der Waals surface area contributed by atoms with E-state index in [2.05, 4.69) is 57.3 Å². The lowest BCUT2D eigenvalue weighted by molar-refractivity contribution is -0.197. The Kier molecular flexibility index (Phi) is 4.98. The zero-order valence-electron chi connectivity index (χ0n) is 20.4. The molecule has 2 N–H and O–H groups in total. The molecule has 3 fully saturated rings.